The van der Waals surface area contributed by atoms with Gasteiger partial charge in [-0.2, -0.15) is 0 Å². The third-order valence-corrected chi connectivity index (χ3v) is 2.86. The van der Waals surface area contributed by atoms with Crippen molar-refractivity contribution >= 4 is 0 Å². The molecule has 0 aliphatic carbocycles. The third-order valence-electron chi connectivity index (χ3n) is 2.86. The Morgan fingerprint density at radius 3 is 2.47 bits per heavy atom. The second kappa shape index (κ2) is 4.47. The summed E-state index contributed by atoms with van der Waals surface area (Å²) in [7, 11) is 0. The van der Waals surface area contributed by atoms with Gasteiger partial charge in [-0.3, -0.25) is 0 Å². The van der Waals surface area contributed by atoms with Crippen molar-refractivity contribution in [2.45, 2.75) is 18.6 Å². The number of rotatable bonds is 3. The average Bonchev–Trinajstić information content (AvgIpc) is 2.36. The van der Waals surface area contributed by atoms with E-state index in [1.807, 2.05) is 6.92 Å². The van der Waals surface area contributed by atoms with Crippen molar-refractivity contribution in [1.29, 1.82) is 0 Å². The smallest absolute Gasteiger partial charge is 0.204 e. The molecule has 0 spiro atoms. The van der Waals surface area contributed by atoms with Crippen molar-refractivity contribution in [3.05, 3.63) is 23.8 Å². The quantitative estimate of drug-likeness (QED) is 0.816. The van der Waals surface area contributed by atoms with Gasteiger partial charge in [-0.15, -0.1) is 0 Å². The van der Waals surface area contributed by atoms with Gasteiger partial charge in [-0.1, -0.05) is 6.07 Å². The first-order valence-corrected chi connectivity index (χ1v) is 5.29. The van der Waals surface area contributed by atoms with Gasteiger partial charge in [0.15, 0.2) is 17.6 Å². The summed E-state index contributed by atoms with van der Waals surface area (Å²) < 4.78 is 49.2. The Morgan fingerprint density at radius 2 is 1.88 bits per heavy atom. The molecule has 1 atom stereocenters. The summed E-state index contributed by atoms with van der Waals surface area (Å²) >= 11 is 0. The van der Waals surface area contributed by atoms with Crippen LogP contribution in [0.3, 0.4) is 0 Å². The maximum absolute atomic E-state index is 13.0. The van der Waals surface area contributed by atoms with Crippen molar-refractivity contribution in [3.8, 4) is 11.5 Å². The van der Waals surface area contributed by atoms with Crippen molar-refractivity contribution in [1.82, 2.24) is 0 Å². The molecule has 1 heterocycles. The SMILES string of the molecule is Cc1ccc2c(c1)OC(CF)(CF)C(CF)O2. The fourth-order valence-corrected chi connectivity index (χ4v) is 1.77. The highest BCUT2D eigenvalue weighted by atomic mass is 19.1. The zero-order valence-electron chi connectivity index (χ0n) is 9.38. The molecule has 2 rings (SSSR count). The molecule has 0 aromatic heterocycles. The van der Waals surface area contributed by atoms with E-state index in [9.17, 15) is 13.2 Å². The van der Waals surface area contributed by atoms with E-state index in [1.165, 1.54) is 0 Å². The van der Waals surface area contributed by atoms with Crippen LogP contribution in [0.15, 0.2) is 18.2 Å². The first-order valence-electron chi connectivity index (χ1n) is 5.29. The van der Waals surface area contributed by atoms with Crippen molar-refractivity contribution in [3.63, 3.8) is 0 Å². The zero-order valence-corrected chi connectivity index (χ0v) is 9.38. The van der Waals surface area contributed by atoms with Gasteiger partial charge < -0.3 is 9.47 Å². The van der Waals surface area contributed by atoms with E-state index in [-0.39, 0.29) is 5.75 Å². The molecule has 0 fully saturated rings. The van der Waals surface area contributed by atoms with Gasteiger partial charge in [0.05, 0.1) is 0 Å². The van der Waals surface area contributed by atoms with E-state index in [4.69, 9.17) is 9.47 Å². The van der Waals surface area contributed by atoms with Crippen LogP contribution in [0.25, 0.3) is 0 Å². The molecular formula is C12H13F3O2. The summed E-state index contributed by atoms with van der Waals surface area (Å²) in [5.41, 5.74) is -0.993. The van der Waals surface area contributed by atoms with Gasteiger partial charge in [0.2, 0.25) is 5.60 Å². The van der Waals surface area contributed by atoms with E-state index in [1.54, 1.807) is 18.2 Å². The maximum Gasteiger partial charge on any atom is 0.204 e. The normalized spacial score (nSPS) is 21.3. The van der Waals surface area contributed by atoms with Crippen LogP contribution >= 0.6 is 0 Å². The Labute approximate surface area is 97.3 Å². The van der Waals surface area contributed by atoms with Gasteiger partial charge in [0.1, 0.15) is 20.0 Å². The summed E-state index contributed by atoms with van der Waals surface area (Å²) in [5.74, 6) is 0.570. The molecule has 0 saturated carbocycles. The van der Waals surface area contributed by atoms with Crippen molar-refractivity contribution < 1.29 is 22.6 Å². The van der Waals surface area contributed by atoms with E-state index >= 15 is 0 Å². The second-order valence-electron chi connectivity index (χ2n) is 4.15. The Bertz CT molecular complexity index is 405. The lowest BCUT2D eigenvalue weighted by Crippen LogP contribution is -2.57. The minimum Gasteiger partial charge on any atom is -0.479 e. The molecule has 1 unspecified atom stereocenters. The van der Waals surface area contributed by atoms with Crippen LogP contribution in [0.5, 0.6) is 11.5 Å². The first kappa shape index (κ1) is 12.1. The minimum absolute atomic E-state index is 0.255. The number of hydrogen-bond acceptors (Lipinski definition) is 2. The number of benzene rings is 1. The predicted molar refractivity (Wildman–Crippen MR) is 56.9 cm³/mol. The maximum atomic E-state index is 13.0. The monoisotopic (exact) mass is 246 g/mol. The number of fused-ring (bicyclic) bond motifs is 1. The van der Waals surface area contributed by atoms with Crippen LogP contribution in [-0.4, -0.2) is 31.7 Å². The van der Waals surface area contributed by atoms with Gasteiger partial charge in [0, 0.05) is 0 Å². The molecule has 2 nitrogen and oxygen atoms in total. The Kier molecular flexibility index (Phi) is 3.17. The fraction of sp³-hybridized carbons (Fsp3) is 0.500. The number of ether oxygens (including phenoxy) is 2. The molecule has 0 N–H and O–H groups in total. The van der Waals surface area contributed by atoms with Gasteiger partial charge in [-0.05, 0) is 24.6 Å². The lowest BCUT2D eigenvalue weighted by atomic mass is 9.98. The summed E-state index contributed by atoms with van der Waals surface area (Å²) in [5, 5.41) is 0. The summed E-state index contributed by atoms with van der Waals surface area (Å²) in [4.78, 5) is 0. The molecule has 0 amide bonds. The molecule has 1 aliphatic rings. The Hall–Kier alpha value is -1.39. The largest absolute Gasteiger partial charge is 0.479 e. The molecule has 1 aromatic rings. The molecule has 0 radical (unpaired) electrons. The number of halogens is 3. The van der Waals surface area contributed by atoms with E-state index in [2.05, 4.69) is 0 Å². The fourth-order valence-electron chi connectivity index (χ4n) is 1.77. The number of aryl methyl sites for hydroxylation is 1. The van der Waals surface area contributed by atoms with Crippen LogP contribution in [0.1, 0.15) is 5.56 Å². The molecule has 17 heavy (non-hydrogen) atoms. The standard InChI is InChI=1S/C12H13F3O2/c1-8-2-3-9-10(4-8)17-12(6-14,7-15)11(5-13)16-9/h2-4,11H,5-7H2,1H3. The molecule has 1 aliphatic heterocycles. The second-order valence-corrected chi connectivity index (χ2v) is 4.15. The van der Waals surface area contributed by atoms with Crippen molar-refractivity contribution in [2.75, 3.05) is 20.0 Å². The summed E-state index contributed by atoms with van der Waals surface area (Å²) in [6.45, 7) is -1.45. The highest BCUT2D eigenvalue weighted by Crippen LogP contribution is 2.39. The molecular weight excluding hydrogens is 233 g/mol. The van der Waals surface area contributed by atoms with Gasteiger partial charge in [0.25, 0.3) is 0 Å². The van der Waals surface area contributed by atoms with Crippen LogP contribution in [0, 0.1) is 6.92 Å². The van der Waals surface area contributed by atoms with Crippen LogP contribution in [0.4, 0.5) is 13.2 Å². The Morgan fingerprint density at radius 1 is 1.18 bits per heavy atom. The van der Waals surface area contributed by atoms with Crippen molar-refractivity contribution in [2.24, 2.45) is 0 Å². The highest BCUT2D eigenvalue weighted by molar-refractivity contribution is 5.45. The predicted octanol–water partition coefficient (Wildman–Crippen LogP) is 2.78. The first-order chi connectivity index (χ1) is 8.15. The molecule has 0 bridgehead atoms. The third kappa shape index (κ3) is 1.94. The molecule has 0 saturated heterocycles. The molecule has 94 valence electrons. The lowest BCUT2D eigenvalue weighted by Gasteiger charge is -2.39. The van der Waals surface area contributed by atoms with E-state index in [0.29, 0.717) is 5.75 Å². The van der Waals surface area contributed by atoms with Gasteiger partial charge >= 0.3 is 0 Å². The lowest BCUT2D eigenvalue weighted by molar-refractivity contribution is -0.0993. The highest BCUT2D eigenvalue weighted by Gasteiger charge is 2.47. The molecule has 5 heteroatoms. The number of hydrogen-bond donors (Lipinski definition) is 0. The Balaban J connectivity index is 2.40. The topological polar surface area (TPSA) is 18.5 Å². The average molecular weight is 246 g/mol. The summed E-state index contributed by atoms with van der Waals surface area (Å²) in [6.07, 6.45) is -1.26. The van der Waals surface area contributed by atoms with Crippen LogP contribution in [-0.2, 0) is 0 Å². The molecule has 1 aromatic carbocycles. The van der Waals surface area contributed by atoms with E-state index in [0.717, 1.165) is 5.56 Å². The van der Waals surface area contributed by atoms with Gasteiger partial charge in [-0.25, -0.2) is 13.2 Å². The minimum atomic E-state index is -1.87. The summed E-state index contributed by atoms with van der Waals surface area (Å²) in [6, 6.07) is 4.98. The zero-order chi connectivity index (χ0) is 12.5. The van der Waals surface area contributed by atoms with Crippen LogP contribution < -0.4 is 9.47 Å². The van der Waals surface area contributed by atoms with Crippen LogP contribution in [0.2, 0.25) is 0 Å². The number of alkyl halides is 3. The van der Waals surface area contributed by atoms with E-state index < -0.39 is 31.7 Å².